The smallest absolute Gasteiger partial charge is 0.229 e. The zero-order valence-electron chi connectivity index (χ0n) is 20.1. The van der Waals surface area contributed by atoms with E-state index >= 15 is 0 Å². The third-order valence-corrected chi connectivity index (χ3v) is 7.59. The Balaban J connectivity index is 1.18. The maximum atomic E-state index is 13.0. The van der Waals surface area contributed by atoms with E-state index in [0.717, 1.165) is 70.3 Å². The Bertz CT molecular complexity index is 1520. The van der Waals surface area contributed by atoms with Crippen LogP contribution in [0.2, 0.25) is 0 Å². The number of rotatable bonds is 5. The summed E-state index contributed by atoms with van der Waals surface area (Å²) in [6.07, 6.45) is 1.54. The lowest BCUT2D eigenvalue weighted by Gasteiger charge is -2.32. The van der Waals surface area contributed by atoms with Crippen LogP contribution in [0.1, 0.15) is 18.5 Å². The van der Waals surface area contributed by atoms with Gasteiger partial charge in [0.1, 0.15) is 11.6 Å². The van der Waals surface area contributed by atoms with Gasteiger partial charge in [0.15, 0.2) is 10.8 Å². The van der Waals surface area contributed by atoms with Gasteiger partial charge in [0.05, 0.1) is 23.0 Å². The molecule has 0 atom stereocenters. The number of nitrogens with one attached hydrogen (secondary N) is 1. The number of methoxy groups -OCH3 is 1. The Morgan fingerprint density at radius 2 is 1.83 bits per heavy atom. The summed E-state index contributed by atoms with van der Waals surface area (Å²) in [5.41, 5.74) is 4.54. The van der Waals surface area contributed by atoms with Crippen LogP contribution in [0.25, 0.3) is 27.1 Å². The van der Waals surface area contributed by atoms with Crippen molar-refractivity contribution in [3.63, 3.8) is 0 Å². The van der Waals surface area contributed by atoms with E-state index in [1.807, 2.05) is 66.0 Å². The zero-order chi connectivity index (χ0) is 24.6. The maximum Gasteiger partial charge on any atom is 0.229 e. The number of hydrogen-bond acceptors (Lipinski definition) is 7. The molecular formula is C27H26N6O2S. The number of aromatic nitrogens is 4. The molecule has 3 aromatic heterocycles. The monoisotopic (exact) mass is 498 g/mol. The number of fused-ring (bicyclic) bond motifs is 2. The molecule has 1 amide bonds. The van der Waals surface area contributed by atoms with Gasteiger partial charge in [0.25, 0.3) is 0 Å². The molecule has 0 spiro atoms. The van der Waals surface area contributed by atoms with Gasteiger partial charge >= 0.3 is 0 Å². The van der Waals surface area contributed by atoms with Crippen LogP contribution in [0.4, 0.5) is 10.9 Å². The first-order chi connectivity index (χ1) is 17.6. The molecule has 6 rings (SSSR count). The zero-order valence-corrected chi connectivity index (χ0v) is 21.0. The number of anilines is 2. The summed E-state index contributed by atoms with van der Waals surface area (Å²) in [5.74, 6) is 1.82. The quantitative estimate of drug-likeness (QED) is 0.360. The van der Waals surface area contributed by atoms with Crippen molar-refractivity contribution in [1.29, 1.82) is 0 Å². The molecular weight excluding hydrogens is 472 g/mol. The molecule has 0 unspecified atom stereocenters. The second-order valence-corrected chi connectivity index (χ2v) is 10.1. The summed E-state index contributed by atoms with van der Waals surface area (Å²) in [5, 5.41) is 8.57. The van der Waals surface area contributed by atoms with Gasteiger partial charge in [0, 0.05) is 42.4 Å². The molecule has 1 fully saturated rings. The average molecular weight is 499 g/mol. The number of aryl methyl sites for hydroxylation is 1. The molecule has 0 radical (unpaired) electrons. The van der Waals surface area contributed by atoms with Crippen LogP contribution in [-0.2, 0) is 4.79 Å². The number of hydrogen-bond donors (Lipinski definition) is 1. The van der Waals surface area contributed by atoms with Gasteiger partial charge in [-0.3, -0.25) is 4.79 Å². The topological polar surface area (TPSA) is 84.6 Å². The Labute approximate surface area is 212 Å². The molecule has 4 heterocycles. The minimum atomic E-state index is -0.0424. The maximum absolute atomic E-state index is 13.0. The van der Waals surface area contributed by atoms with Crippen molar-refractivity contribution in [2.24, 2.45) is 5.92 Å². The van der Waals surface area contributed by atoms with Crippen LogP contribution in [-0.4, -0.2) is 45.7 Å². The van der Waals surface area contributed by atoms with Gasteiger partial charge < -0.3 is 15.0 Å². The molecule has 1 aliphatic heterocycles. The van der Waals surface area contributed by atoms with Crippen molar-refractivity contribution in [3.05, 3.63) is 66.4 Å². The van der Waals surface area contributed by atoms with E-state index in [1.165, 1.54) is 11.3 Å². The summed E-state index contributed by atoms with van der Waals surface area (Å²) in [6, 6.07) is 19.9. The summed E-state index contributed by atoms with van der Waals surface area (Å²) < 4.78 is 8.26. The van der Waals surface area contributed by atoms with Gasteiger partial charge in [-0.25, -0.2) is 9.97 Å². The van der Waals surface area contributed by atoms with E-state index in [0.29, 0.717) is 5.13 Å². The van der Waals surface area contributed by atoms with Gasteiger partial charge in [-0.1, -0.05) is 23.5 Å². The molecule has 182 valence electrons. The number of benzene rings is 2. The van der Waals surface area contributed by atoms with E-state index in [4.69, 9.17) is 14.8 Å². The number of piperidine rings is 1. The number of nitrogens with zero attached hydrogens (tertiary/aromatic N) is 5. The number of carbonyl (C=O) groups excluding carboxylic acids is 1. The molecule has 36 heavy (non-hydrogen) atoms. The van der Waals surface area contributed by atoms with E-state index < -0.39 is 0 Å². The minimum Gasteiger partial charge on any atom is -0.497 e. The summed E-state index contributed by atoms with van der Waals surface area (Å²) in [4.78, 5) is 24.5. The highest BCUT2D eigenvalue weighted by Crippen LogP contribution is 2.30. The highest BCUT2D eigenvalue weighted by molar-refractivity contribution is 7.22. The molecule has 1 saturated heterocycles. The Morgan fingerprint density at radius 1 is 1.06 bits per heavy atom. The molecule has 0 saturated carbocycles. The first kappa shape index (κ1) is 22.5. The third-order valence-electron chi connectivity index (χ3n) is 6.64. The molecule has 2 aromatic carbocycles. The minimum absolute atomic E-state index is 0.0424. The van der Waals surface area contributed by atoms with Crippen molar-refractivity contribution < 1.29 is 9.53 Å². The van der Waals surface area contributed by atoms with Crippen molar-refractivity contribution in [2.75, 3.05) is 30.4 Å². The van der Waals surface area contributed by atoms with Crippen LogP contribution in [0.3, 0.4) is 0 Å². The highest BCUT2D eigenvalue weighted by Gasteiger charge is 2.27. The second-order valence-electron chi connectivity index (χ2n) is 9.02. The van der Waals surface area contributed by atoms with E-state index in [2.05, 4.69) is 21.3 Å². The van der Waals surface area contributed by atoms with E-state index in [-0.39, 0.29) is 11.8 Å². The van der Waals surface area contributed by atoms with Crippen molar-refractivity contribution in [2.45, 2.75) is 19.8 Å². The van der Waals surface area contributed by atoms with Gasteiger partial charge in [-0.05, 0) is 56.2 Å². The molecule has 8 nitrogen and oxygen atoms in total. The highest BCUT2D eigenvalue weighted by atomic mass is 32.1. The standard InChI is InChI=1S/C27H26N6O2S/c1-17-15-25(33-24(28-17)16-22(31-33)18-7-9-20(35-2)10-8-18)32-13-11-19(12-14-32)26(34)30-27-29-21-5-3-4-6-23(21)36-27/h3-10,15-16,19H,11-14H2,1-2H3,(H,29,30,34). The van der Waals surface area contributed by atoms with Crippen molar-refractivity contribution in [3.8, 4) is 17.0 Å². The van der Waals surface area contributed by atoms with Crippen LogP contribution < -0.4 is 15.0 Å². The molecule has 9 heteroatoms. The average Bonchev–Trinajstić information content (AvgIpc) is 3.52. The fourth-order valence-corrected chi connectivity index (χ4v) is 5.58. The van der Waals surface area contributed by atoms with Crippen LogP contribution in [0, 0.1) is 12.8 Å². The van der Waals surface area contributed by atoms with E-state index in [1.54, 1.807) is 7.11 Å². The van der Waals surface area contributed by atoms with E-state index in [9.17, 15) is 4.79 Å². The largest absolute Gasteiger partial charge is 0.497 e. The van der Waals surface area contributed by atoms with Gasteiger partial charge in [-0.15, -0.1) is 0 Å². The lowest BCUT2D eigenvalue weighted by Crippen LogP contribution is -2.39. The Kier molecular flexibility index (Phi) is 5.77. The predicted octanol–water partition coefficient (Wildman–Crippen LogP) is 5.18. The number of carbonyl (C=O) groups is 1. The molecule has 0 bridgehead atoms. The molecule has 1 N–H and O–H groups in total. The SMILES string of the molecule is COc1ccc(-c2cc3nc(C)cc(N4CCC(C(=O)Nc5nc6ccccc6s5)CC4)n3n2)cc1. The third kappa shape index (κ3) is 4.26. The fraction of sp³-hybridized carbons (Fsp3) is 0.259. The number of ether oxygens (including phenoxy) is 1. The number of para-hydroxylation sites is 1. The molecule has 1 aliphatic rings. The Hall–Kier alpha value is -3.98. The van der Waals surface area contributed by atoms with Crippen molar-refractivity contribution in [1.82, 2.24) is 19.6 Å². The molecule has 5 aromatic rings. The number of thiazole rings is 1. The summed E-state index contributed by atoms with van der Waals surface area (Å²) in [7, 11) is 1.66. The van der Waals surface area contributed by atoms with Crippen LogP contribution in [0.15, 0.2) is 60.7 Å². The van der Waals surface area contributed by atoms with Gasteiger partial charge in [0.2, 0.25) is 5.91 Å². The summed E-state index contributed by atoms with van der Waals surface area (Å²) >= 11 is 1.51. The molecule has 0 aliphatic carbocycles. The fourth-order valence-electron chi connectivity index (χ4n) is 4.71. The first-order valence-electron chi connectivity index (χ1n) is 12.0. The lowest BCUT2D eigenvalue weighted by molar-refractivity contribution is -0.120. The lowest BCUT2D eigenvalue weighted by atomic mass is 9.96. The van der Waals surface area contributed by atoms with Crippen LogP contribution in [0.5, 0.6) is 5.75 Å². The Morgan fingerprint density at radius 3 is 2.58 bits per heavy atom. The van der Waals surface area contributed by atoms with Crippen molar-refractivity contribution >= 4 is 44.1 Å². The second kappa shape index (κ2) is 9.23. The normalized spacial score (nSPS) is 14.4. The first-order valence-corrected chi connectivity index (χ1v) is 12.8. The van der Waals surface area contributed by atoms with Gasteiger partial charge in [-0.2, -0.15) is 9.61 Å². The predicted molar refractivity (Wildman–Crippen MR) is 143 cm³/mol. The summed E-state index contributed by atoms with van der Waals surface area (Å²) in [6.45, 7) is 3.55. The van der Waals surface area contributed by atoms with Crippen LogP contribution >= 0.6 is 11.3 Å². The number of amides is 1.